The summed E-state index contributed by atoms with van der Waals surface area (Å²) >= 11 is 0. The highest BCUT2D eigenvalue weighted by atomic mass is 19.1. The number of Topliss-reactive ketones (excluding diaryl/α,β-unsaturated/α-hetero) is 1. The van der Waals surface area contributed by atoms with Gasteiger partial charge in [-0.05, 0) is 49.6 Å². The molecule has 0 spiro atoms. The minimum absolute atomic E-state index is 0.152. The molecule has 0 aliphatic heterocycles. The first-order chi connectivity index (χ1) is 14.5. The molecule has 0 aliphatic rings. The van der Waals surface area contributed by atoms with Gasteiger partial charge in [0.05, 0.1) is 11.9 Å². The smallest absolute Gasteiger partial charge is 0.185 e. The third-order valence-corrected chi connectivity index (χ3v) is 4.73. The summed E-state index contributed by atoms with van der Waals surface area (Å²) in [6, 6.07) is 8.76. The molecular formula is C23H19FN4O2. The van der Waals surface area contributed by atoms with Crippen LogP contribution in [0.5, 0.6) is 0 Å². The van der Waals surface area contributed by atoms with Crippen molar-refractivity contribution in [2.75, 3.05) is 0 Å². The number of nitrogens with zero attached hydrogens (tertiary/aromatic N) is 4. The van der Waals surface area contributed by atoms with Crippen molar-refractivity contribution in [3.8, 4) is 22.6 Å². The molecule has 30 heavy (non-hydrogen) atoms. The van der Waals surface area contributed by atoms with Gasteiger partial charge in [0.2, 0.25) is 0 Å². The number of hydrogen-bond donors (Lipinski definition) is 0. The van der Waals surface area contributed by atoms with Crippen LogP contribution in [0.2, 0.25) is 0 Å². The Balaban J connectivity index is 1.44. The molecule has 6 nitrogen and oxygen atoms in total. The normalized spacial score (nSPS) is 10.9. The molecule has 0 saturated heterocycles. The molecular weight excluding hydrogens is 383 g/mol. The van der Waals surface area contributed by atoms with Gasteiger partial charge in [-0.25, -0.2) is 4.39 Å². The minimum Gasteiger partial charge on any atom is -0.356 e. The molecule has 4 aromatic heterocycles. The lowest BCUT2D eigenvalue weighted by Gasteiger charge is -2.08. The predicted molar refractivity (Wildman–Crippen MR) is 109 cm³/mol. The Hall–Kier alpha value is -3.74. The number of rotatable bonds is 6. The molecule has 0 aliphatic carbocycles. The van der Waals surface area contributed by atoms with E-state index in [-0.39, 0.29) is 17.9 Å². The quantitative estimate of drug-likeness (QED) is 0.432. The first kappa shape index (κ1) is 19.6. The Morgan fingerprint density at radius 2 is 1.90 bits per heavy atom. The van der Waals surface area contributed by atoms with Crippen LogP contribution >= 0.6 is 0 Å². The summed E-state index contributed by atoms with van der Waals surface area (Å²) in [6.45, 7) is 3.94. The van der Waals surface area contributed by atoms with E-state index in [1.807, 2.05) is 32.0 Å². The van der Waals surface area contributed by atoms with E-state index in [1.54, 1.807) is 12.4 Å². The van der Waals surface area contributed by atoms with Crippen LogP contribution in [0.25, 0.3) is 22.6 Å². The number of ketones is 1. The number of pyridine rings is 3. The highest BCUT2D eigenvalue weighted by Gasteiger charge is 2.15. The van der Waals surface area contributed by atoms with Crippen LogP contribution in [-0.4, -0.2) is 25.9 Å². The maximum atomic E-state index is 13.3. The van der Waals surface area contributed by atoms with Gasteiger partial charge in [0.15, 0.2) is 11.5 Å². The average Bonchev–Trinajstić information content (AvgIpc) is 3.22. The molecule has 4 aromatic rings. The molecule has 0 N–H and O–H groups in total. The van der Waals surface area contributed by atoms with Crippen LogP contribution in [0.3, 0.4) is 0 Å². The summed E-state index contributed by atoms with van der Waals surface area (Å²) in [5.74, 6) is -0.328. The van der Waals surface area contributed by atoms with E-state index in [1.165, 1.54) is 18.3 Å². The molecule has 0 aromatic carbocycles. The lowest BCUT2D eigenvalue weighted by Crippen LogP contribution is -2.02. The molecule has 0 fully saturated rings. The molecule has 4 heterocycles. The average molecular weight is 402 g/mol. The predicted octanol–water partition coefficient (Wildman–Crippen LogP) is 4.77. The summed E-state index contributed by atoms with van der Waals surface area (Å²) in [5, 5.41) is 3.82. The molecule has 0 atom stereocenters. The highest BCUT2D eigenvalue weighted by Crippen LogP contribution is 2.23. The molecule has 150 valence electrons. The number of aromatic nitrogens is 4. The Morgan fingerprint density at radius 3 is 2.67 bits per heavy atom. The first-order valence-electron chi connectivity index (χ1n) is 9.49. The van der Waals surface area contributed by atoms with Crippen LogP contribution in [-0.2, 0) is 6.42 Å². The van der Waals surface area contributed by atoms with Crippen LogP contribution < -0.4 is 0 Å². The zero-order valence-electron chi connectivity index (χ0n) is 16.6. The highest BCUT2D eigenvalue weighted by molar-refractivity contribution is 5.95. The van der Waals surface area contributed by atoms with Crippen LogP contribution in [0, 0.1) is 19.7 Å². The summed E-state index contributed by atoms with van der Waals surface area (Å²) in [7, 11) is 0. The Kier molecular flexibility index (Phi) is 5.43. The number of carbonyl (C=O) groups is 1. The fraction of sp³-hybridized carbons (Fsp3) is 0.174. The van der Waals surface area contributed by atoms with E-state index < -0.39 is 5.82 Å². The van der Waals surface area contributed by atoms with E-state index in [4.69, 9.17) is 4.52 Å². The van der Waals surface area contributed by atoms with Gasteiger partial charge in [0.1, 0.15) is 11.5 Å². The monoisotopic (exact) mass is 402 g/mol. The number of carbonyl (C=O) groups excluding carboxylic acids is 1. The van der Waals surface area contributed by atoms with Crippen LogP contribution in [0.15, 0.2) is 59.6 Å². The lowest BCUT2D eigenvalue weighted by atomic mass is 10.0. The lowest BCUT2D eigenvalue weighted by molar-refractivity contribution is 0.0974. The SMILES string of the molecule is Cc1cc(-c2ncc(CCC(=O)c3cc(-c4cncc(F)c4)on3)cc2C)ccn1. The van der Waals surface area contributed by atoms with Crippen LogP contribution in [0.4, 0.5) is 4.39 Å². The van der Waals surface area contributed by atoms with Gasteiger partial charge in [-0.15, -0.1) is 0 Å². The fourth-order valence-electron chi connectivity index (χ4n) is 3.24. The van der Waals surface area contributed by atoms with Crippen LogP contribution in [0.1, 0.15) is 33.7 Å². The zero-order chi connectivity index (χ0) is 21.1. The van der Waals surface area contributed by atoms with E-state index in [0.717, 1.165) is 34.3 Å². The summed E-state index contributed by atoms with van der Waals surface area (Å²) in [5.41, 5.74) is 5.50. The summed E-state index contributed by atoms with van der Waals surface area (Å²) in [4.78, 5) is 25.1. The molecule has 0 saturated carbocycles. The zero-order valence-corrected chi connectivity index (χ0v) is 16.6. The van der Waals surface area contributed by atoms with E-state index in [2.05, 4.69) is 20.1 Å². The van der Waals surface area contributed by atoms with Crippen molar-refractivity contribution in [1.29, 1.82) is 0 Å². The number of hydrogen-bond acceptors (Lipinski definition) is 6. The number of aryl methyl sites for hydroxylation is 3. The first-order valence-corrected chi connectivity index (χ1v) is 9.49. The number of halogens is 1. The fourth-order valence-corrected chi connectivity index (χ4v) is 3.24. The van der Waals surface area contributed by atoms with Gasteiger partial charge in [-0.1, -0.05) is 11.2 Å². The largest absolute Gasteiger partial charge is 0.356 e. The van der Waals surface area contributed by atoms with Crippen molar-refractivity contribution in [3.05, 3.63) is 83.5 Å². The van der Waals surface area contributed by atoms with Crippen molar-refractivity contribution in [2.45, 2.75) is 26.7 Å². The van der Waals surface area contributed by atoms with Crippen molar-refractivity contribution in [2.24, 2.45) is 0 Å². The summed E-state index contributed by atoms with van der Waals surface area (Å²) in [6.07, 6.45) is 6.91. The van der Waals surface area contributed by atoms with Gasteiger partial charge < -0.3 is 4.52 Å². The standard InChI is InChI=1S/C23H19FN4O2/c1-14-7-16(11-27-23(14)17-5-6-26-15(2)8-17)3-4-21(29)20-10-22(30-28-20)18-9-19(24)13-25-12-18/h5-13H,3-4H2,1-2H3. The minimum atomic E-state index is -0.481. The van der Waals surface area contributed by atoms with Crippen molar-refractivity contribution >= 4 is 5.78 Å². The van der Waals surface area contributed by atoms with Gasteiger partial charge in [0.25, 0.3) is 0 Å². The van der Waals surface area contributed by atoms with Gasteiger partial charge in [-0.2, -0.15) is 0 Å². The van der Waals surface area contributed by atoms with E-state index in [0.29, 0.717) is 17.7 Å². The second-order valence-corrected chi connectivity index (χ2v) is 7.09. The maximum absolute atomic E-state index is 13.3. The molecule has 0 bridgehead atoms. The van der Waals surface area contributed by atoms with Crippen molar-refractivity contribution < 1.29 is 13.7 Å². The van der Waals surface area contributed by atoms with Gasteiger partial charge >= 0.3 is 0 Å². The topological polar surface area (TPSA) is 81.8 Å². The second kappa shape index (κ2) is 8.32. The van der Waals surface area contributed by atoms with E-state index >= 15 is 0 Å². The third kappa shape index (κ3) is 4.30. The maximum Gasteiger partial charge on any atom is 0.185 e. The molecule has 0 radical (unpaired) electrons. The Bertz CT molecular complexity index is 1220. The van der Waals surface area contributed by atoms with Crippen molar-refractivity contribution in [1.82, 2.24) is 20.1 Å². The second-order valence-electron chi connectivity index (χ2n) is 7.09. The third-order valence-electron chi connectivity index (χ3n) is 4.73. The van der Waals surface area contributed by atoms with Gasteiger partial charge in [0, 0.05) is 47.9 Å². The van der Waals surface area contributed by atoms with Crippen molar-refractivity contribution in [3.63, 3.8) is 0 Å². The molecule has 0 amide bonds. The van der Waals surface area contributed by atoms with Gasteiger partial charge in [-0.3, -0.25) is 19.7 Å². The Labute approximate surface area is 172 Å². The van der Waals surface area contributed by atoms with E-state index in [9.17, 15) is 9.18 Å². The molecule has 7 heteroatoms. The molecule has 4 rings (SSSR count). The molecule has 0 unspecified atom stereocenters. The summed E-state index contributed by atoms with van der Waals surface area (Å²) < 4.78 is 18.5. The Morgan fingerprint density at radius 1 is 1.03 bits per heavy atom.